The van der Waals surface area contributed by atoms with Gasteiger partial charge in [-0.15, -0.1) is 11.3 Å². The number of nitrogens with one attached hydrogen (secondary N) is 1. The molecule has 0 saturated carbocycles. The van der Waals surface area contributed by atoms with Gasteiger partial charge < -0.3 is 5.32 Å². The number of aryl methyl sites for hydroxylation is 2. The first-order valence-corrected chi connectivity index (χ1v) is 7.49. The molecule has 0 spiro atoms. The van der Waals surface area contributed by atoms with Crippen LogP contribution < -0.4 is 5.32 Å². The van der Waals surface area contributed by atoms with Gasteiger partial charge in [-0.2, -0.15) is 0 Å². The SMILES string of the molecule is Cc1nc(CNC(C)CS(C)=O)sc1C. The third-order valence-electron chi connectivity index (χ3n) is 2.16. The molecule has 86 valence electrons. The summed E-state index contributed by atoms with van der Waals surface area (Å²) in [5.74, 6) is 0.698. The molecule has 0 bridgehead atoms. The molecule has 1 aromatic heterocycles. The Morgan fingerprint density at radius 3 is 2.67 bits per heavy atom. The zero-order valence-electron chi connectivity index (χ0n) is 9.66. The molecule has 0 amide bonds. The Morgan fingerprint density at radius 2 is 2.20 bits per heavy atom. The minimum atomic E-state index is -0.732. The molecule has 5 heteroatoms. The van der Waals surface area contributed by atoms with Gasteiger partial charge in [0.25, 0.3) is 0 Å². The van der Waals surface area contributed by atoms with E-state index in [1.54, 1.807) is 17.6 Å². The van der Waals surface area contributed by atoms with Crippen LogP contribution in [0.1, 0.15) is 22.5 Å². The highest BCUT2D eigenvalue weighted by atomic mass is 32.2. The number of nitrogens with zero attached hydrogens (tertiary/aromatic N) is 1. The van der Waals surface area contributed by atoms with Crippen molar-refractivity contribution in [3.63, 3.8) is 0 Å². The van der Waals surface area contributed by atoms with Crippen molar-refractivity contribution in [2.24, 2.45) is 0 Å². The third kappa shape index (κ3) is 4.40. The van der Waals surface area contributed by atoms with Crippen molar-refractivity contribution in [2.45, 2.75) is 33.4 Å². The van der Waals surface area contributed by atoms with E-state index < -0.39 is 10.8 Å². The molecule has 1 N–H and O–H groups in total. The lowest BCUT2D eigenvalue weighted by Gasteiger charge is -2.10. The molecule has 0 saturated heterocycles. The molecular weight excluding hydrogens is 228 g/mol. The second-order valence-electron chi connectivity index (χ2n) is 3.77. The maximum atomic E-state index is 11.0. The van der Waals surface area contributed by atoms with Gasteiger partial charge >= 0.3 is 0 Å². The largest absolute Gasteiger partial charge is 0.307 e. The van der Waals surface area contributed by atoms with Crippen LogP contribution in [0.4, 0.5) is 0 Å². The maximum Gasteiger partial charge on any atom is 0.107 e. The summed E-state index contributed by atoms with van der Waals surface area (Å²) >= 11 is 1.73. The maximum absolute atomic E-state index is 11.0. The molecule has 0 aliphatic carbocycles. The van der Waals surface area contributed by atoms with E-state index in [9.17, 15) is 4.21 Å². The highest BCUT2D eigenvalue weighted by Gasteiger charge is 2.07. The Bertz CT molecular complexity index is 330. The highest BCUT2D eigenvalue weighted by molar-refractivity contribution is 7.84. The van der Waals surface area contributed by atoms with E-state index in [0.717, 1.165) is 17.2 Å². The minimum absolute atomic E-state index is 0.278. The standard InChI is InChI=1S/C10H18N2OS2/c1-7(6-15(4)13)11-5-10-12-8(2)9(3)14-10/h7,11H,5-6H2,1-4H3. The Labute approximate surface area is 97.8 Å². The van der Waals surface area contributed by atoms with E-state index in [-0.39, 0.29) is 6.04 Å². The fourth-order valence-electron chi connectivity index (χ4n) is 1.29. The second kappa shape index (κ2) is 5.72. The van der Waals surface area contributed by atoms with Crippen LogP contribution in [0.15, 0.2) is 0 Å². The fraction of sp³-hybridized carbons (Fsp3) is 0.700. The Morgan fingerprint density at radius 1 is 1.53 bits per heavy atom. The van der Waals surface area contributed by atoms with Crippen LogP contribution in [0.3, 0.4) is 0 Å². The summed E-state index contributed by atoms with van der Waals surface area (Å²) in [5.41, 5.74) is 1.11. The van der Waals surface area contributed by atoms with Crippen molar-refractivity contribution in [1.29, 1.82) is 0 Å². The van der Waals surface area contributed by atoms with Crippen LogP contribution in [0.2, 0.25) is 0 Å². The van der Waals surface area contributed by atoms with Gasteiger partial charge in [0.05, 0.1) is 5.69 Å². The van der Waals surface area contributed by atoms with E-state index in [0.29, 0.717) is 5.75 Å². The lowest BCUT2D eigenvalue weighted by atomic mass is 10.4. The molecule has 1 heterocycles. The van der Waals surface area contributed by atoms with Gasteiger partial charge in [-0.3, -0.25) is 4.21 Å². The van der Waals surface area contributed by atoms with Gasteiger partial charge in [0.15, 0.2) is 0 Å². The number of hydrogen-bond donors (Lipinski definition) is 1. The number of thiazole rings is 1. The number of hydrogen-bond acceptors (Lipinski definition) is 4. The van der Waals surface area contributed by atoms with Gasteiger partial charge in [0.2, 0.25) is 0 Å². The van der Waals surface area contributed by atoms with Crippen molar-refractivity contribution in [3.8, 4) is 0 Å². The van der Waals surface area contributed by atoms with E-state index in [1.807, 2.05) is 6.92 Å². The average molecular weight is 246 g/mol. The van der Waals surface area contributed by atoms with Crippen LogP contribution >= 0.6 is 11.3 Å². The van der Waals surface area contributed by atoms with Crippen LogP contribution in [0.25, 0.3) is 0 Å². The van der Waals surface area contributed by atoms with E-state index in [1.165, 1.54) is 4.88 Å². The third-order valence-corrected chi connectivity index (χ3v) is 4.20. The van der Waals surface area contributed by atoms with E-state index >= 15 is 0 Å². The van der Waals surface area contributed by atoms with Gasteiger partial charge in [0.1, 0.15) is 5.01 Å². The Hall–Kier alpha value is -0.260. The summed E-state index contributed by atoms with van der Waals surface area (Å²) in [6.07, 6.45) is 1.73. The van der Waals surface area contributed by atoms with Gasteiger partial charge in [0, 0.05) is 40.3 Å². The van der Waals surface area contributed by atoms with Crippen molar-refractivity contribution in [2.75, 3.05) is 12.0 Å². The van der Waals surface area contributed by atoms with Gasteiger partial charge in [-0.1, -0.05) is 0 Å². The van der Waals surface area contributed by atoms with Gasteiger partial charge in [-0.05, 0) is 20.8 Å². The predicted octanol–water partition coefficient (Wildman–Crippen LogP) is 1.62. The van der Waals surface area contributed by atoms with Gasteiger partial charge in [-0.25, -0.2) is 4.98 Å². The monoisotopic (exact) mass is 246 g/mol. The molecule has 0 radical (unpaired) electrons. The zero-order valence-corrected chi connectivity index (χ0v) is 11.3. The number of aromatic nitrogens is 1. The molecular formula is C10H18N2OS2. The highest BCUT2D eigenvalue weighted by Crippen LogP contribution is 2.16. The van der Waals surface area contributed by atoms with Crippen LogP contribution in [0.5, 0.6) is 0 Å². The Balaban J connectivity index is 2.40. The second-order valence-corrected chi connectivity index (χ2v) is 6.54. The predicted molar refractivity (Wildman–Crippen MR) is 66.8 cm³/mol. The summed E-state index contributed by atoms with van der Waals surface area (Å²) in [4.78, 5) is 5.72. The van der Waals surface area contributed by atoms with Crippen LogP contribution in [-0.2, 0) is 17.3 Å². The van der Waals surface area contributed by atoms with Crippen molar-refractivity contribution in [1.82, 2.24) is 10.3 Å². The molecule has 3 nitrogen and oxygen atoms in total. The van der Waals surface area contributed by atoms with E-state index in [2.05, 4.69) is 24.1 Å². The molecule has 2 atom stereocenters. The zero-order chi connectivity index (χ0) is 11.4. The first-order chi connectivity index (χ1) is 6.99. The first-order valence-electron chi connectivity index (χ1n) is 4.95. The molecule has 1 aromatic rings. The quantitative estimate of drug-likeness (QED) is 0.858. The summed E-state index contributed by atoms with van der Waals surface area (Å²) in [6, 6.07) is 0.278. The molecule has 0 aliphatic rings. The molecule has 0 aliphatic heterocycles. The minimum Gasteiger partial charge on any atom is -0.307 e. The summed E-state index contributed by atoms with van der Waals surface area (Å²) in [6.45, 7) is 6.94. The van der Waals surface area contributed by atoms with Crippen LogP contribution in [-0.4, -0.2) is 27.2 Å². The van der Waals surface area contributed by atoms with E-state index in [4.69, 9.17) is 0 Å². The molecule has 15 heavy (non-hydrogen) atoms. The molecule has 0 aromatic carbocycles. The average Bonchev–Trinajstić information content (AvgIpc) is 2.42. The molecule has 1 rings (SSSR count). The topological polar surface area (TPSA) is 42.0 Å². The Kier molecular flexibility index (Phi) is 4.89. The summed E-state index contributed by atoms with van der Waals surface area (Å²) in [7, 11) is -0.732. The lowest BCUT2D eigenvalue weighted by Crippen LogP contribution is -2.30. The normalized spacial score (nSPS) is 15.2. The fourth-order valence-corrected chi connectivity index (χ4v) is 2.99. The number of rotatable bonds is 5. The molecule has 0 fully saturated rings. The van der Waals surface area contributed by atoms with Crippen molar-refractivity contribution in [3.05, 3.63) is 15.6 Å². The van der Waals surface area contributed by atoms with Crippen molar-refractivity contribution < 1.29 is 4.21 Å². The smallest absolute Gasteiger partial charge is 0.107 e. The van der Waals surface area contributed by atoms with Crippen LogP contribution in [0, 0.1) is 13.8 Å². The lowest BCUT2D eigenvalue weighted by molar-refractivity contribution is 0.585. The first kappa shape index (κ1) is 12.8. The molecule has 2 unspecified atom stereocenters. The summed E-state index contributed by atoms with van der Waals surface area (Å²) < 4.78 is 11.0. The van der Waals surface area contributed by atoms with Crippen molar-refractivity contribution >= 4 is 22.1 Å². The summed E-state index contributed by atoms with van der Waals surface area (Å²) in [5, 5.41) is 4.44.